The van der Waals surface area contributed by atoms with Gasteiger partial charge in [-0.05, 0) is 56.6 Å². The minimum absolute atomic E-state index is 0.207. The number of anilines is 1. The summed E-state index contributed by atoms with van der Waals surface area (Å²) in [6.45, 7) is 4.17. The number of piperidine rings is 1. The Morgan fingerprint density at radius 2 is 2.06 bits per heavy atom. The van der Waals surface area contributed by atoms with Gasteiger partial charge in [-0.25, -0.2) is 0 Å². The first-order chi connectivity index (χ1) is 8.65. The number of likely N-dealkylation sites (tertiary alicyclic amines) is 1. The van der Waals surface area contributed by atoms with Crippen LogP contribution in [0.5, 0.6) is 0 Å². The van der Waals surface area contributed by atoms with Crippen LogP contribution in [0.2, 0.25) is 0 Å². The molecule has 0 aliphatic carbocycles. The second-order valence-corrected chi connectivity index (χ2v) is 5.57. The lowest BCUT2D eigenvalue weighted by Crippen LogP contribution is -2.45. The molecular formula is C15H20N2O. The molecule has 1 aromatic rings. The van der Waals surface area contributed by atoms with Crippen LogP contribution >= 0.6 is 0 Å². The molecule has 1 amide bonds. The maximum atomic E-state index is 12.4. The molecule has 3 rings (SSSR count). The molecule has 2 heterocycles. The molecule has 96 valence electrons. The molecule has 0 unspecified atom stereocenters. The molecule has 1 N–H and O–H groups in total. The summed E-state index contributed by atoms with van der Waals surface area (Å²) in [6, 6.07) is 6.42. The molecule has 0 saturated carbocycles. The van der Waals surface area contributed by atoms with Gasteiger partial charge < -0.3 is 10.2 Å². The van der Waals surface area contributed by atoms with Gasteiger partial charge in [0.2, 0.25) is 5.91 Å². The van der Waals surface area contributed by atoms with Crippen molar-refractivity contribution < 1.29 is 4.79 Å². The molecule has 1 saturated heterocycles. The highest BCUT2D eigenvalue weighted by atomic mass is 16.2. The van der Waals surface area contributed by atoms with Crippen LogP contribution in [-0.2, 0) is 16.6 Å². The molecule has 18 heavy (non-hydrogen) atoms. The minimum atomic E-state index is -0.257. The fourth-order valence-corrected chi connectivity index (χ4v) is 3.18. The molecule has 3 nitrogen and oxygen atoms in total. The molecule has 1 aromatic carbocycles. The lowest BCUT2D eigenvalue weighted by atomic mass is 9.73. The van der Waals surface area contributed by atoms with Crippen LogP contribution in [0.4, 0.5) is 5.69 Å². The second-order valence-electron chi connectivity index (χ2n) is 5.57. The van der Waals surface area contributed by atoms with Gasteiger partial charge in [0.25, 0.3) is 0 Å². The number of fused-ring (bicyclic) bond motifs is 2. The van der Waals surface area contributed by atoms with Crippen molar-refractivity contribution in [2.45, 2.75) is 31.6 Å². The van der Waals surface area contributed by atoms with Gasteiger partial charge in [0.15, 0.2) is 0 Å². The van der Waals surface area contributed by atoms with E-state index in [9.17, 15) is 4.79 Å². The monoisotopic (exact) mass is 244 g/mol. The molecule has 0 radical (unpaired) electrons. The van der Waals surface area contributed by atoms with Crippen molar-refractivity contribution in [3.8, 4) is 0 Å². The summed E-state index contributed by atoms with van der Waals surface area (Å²) in [5, 5.41) is 3.07. The molecule has 2 aliphatic rings. The first-order valence-electron chi connectivity index (χ1n) is 6.79. The van der Waals surface area contributed by atoms with E-state index in [2.05, 4.69) is 42.4 Å². The lowest BCUT2D eigenvalue weighted by Gasteiger charge is -2.36. The molecule has 3 heteroatoms. The third-order valence-corrected chi connectivity index (χ3v) is 4.53. The van der Waals surface area contributed by atoms with E-state index in [-0.39, 0.29) is 11.3 Å². The van der Waals surface area contributed by atoms with Crippen LogP contribution in [0.25, 0.3) is 0 Å². The molecular weight excluding hydrogens is 224 g/mol. The van der Waals surface area contributed by atoms with Crippen LogP contribution in [0.15, 0.2) is 18.2 Å². The van der Waals surface area contributed by atoms with Crippen molar-refractivity contribution >= 4 is 11.6 Å². The highest BCUT2D eigenvalue weighted by Crippen LogP contribution is 2.45. The molecule has 0 bridgehead atoms. The summed E-state index contributed by atoms with van der Waals surface area (Å²) in [5.74, 6) is 0.207. The maximum Gasteiger partial charge on any atom is 0.235 e. The average molecular weight is 244 g/mol. The highest BCUT2D eigenvalue weighted by molar-refractivity contribution is 6.06. The second kappa shape index (κ2) is 4.09. The Labute approximate surface area is 108 Å². The predicted octanol–water partition coefficient (Wildman–Crippen LogP) is 2.16. The van der Waals surface area contributed by atoms with E-state index >= 15 is 0 Å². The average Bonchev–Trinajstić information content (AvgIpc) is 2.65. The Balaban J connectivity index is 2.04. The van der Waals surface area contributed by atoms with Gasteiger partial charge in [0, 0.05) is 5.69 Å². The van der Waals surface area contributed by atoms with E-state index < -0.39 is 0 Å². The Kier molecular flexibility index (Phi) is 2.67. The van der Waals surface area contributed by atoms with Crippen LogP contribution in [-0.4, -0.2) is 30.9 Å². The van der Waals surface area contributed by atoms with Gasteiger partial charge >= 0.3 is 0 Å². The van der Waals surface area contributed by atoms with E-state index in [0.717, 1.165) is 38.0 Å². The summed E-state index contributed by atoms with van der Waals surface area (Å²) >= 11 is 0. The van der Waals surface area contributed by atoms with Gasteiger partial charge in [-0.15, -0.1) is 0 Å². The van der Waals surface area contributed by atoms with E-state index in [1.165, 1.54) is 11.1 Å². The summed E-state index contributed by atoms with van der Waals surface area (Å²) in [4.78, 5) is 14.7. The Morgan fingerprint density at radius 3 is 2.72 bits per heavy atom. The smallest absolute Gasteiger partial charge is 0.235 e. The summed E-state index contributed by atoms with van der Waals surface area (Å²) < 4.78 is 0. The topological polar surface area (TPSA) is 32.3 Å². The van der Waals surface area contributed by atoms with Crippen molar-refractivity contribution in [2.75, 3.05) is 25.5 Å². The number of benzene rings is 1. The molecule has 0 aromatic heterocycles. The third kappa shape index (κ3) is 1.57. The Morgan fingerprint density at radius 1 is 1.33 bits per heavy atom. The first kappa shape index (κ1) is 11.7. The quantitative estimate of drug-likeness (QED) is 0.821. The van der Waals surface area contributed by atoms with E-state index in [1.807, 2.05) is 0 Å². The van der Waals surface area contributed by atoms with Gasteiger partial charge in [-0.1, -0.05) is 19.1 Å². The van der Waals surface area contributed by atoms with Crippen LogP contribution in [0.3, 0.4) is 0 Å². The van der Waals surface area contributed by atoms with E-state index in [0.29, 0.717) is 0 Å². The van der Waals surface area contributed by atoms with E-state index in [1.54, 1.807) is 0 Å². The standard InChI is InChI=1S/C15H20N2O/c1-3-11-4-5-13-12(10-11)15(14(18)16-13)6-8-17(2)9-7-15/h4-5,10H,3,6-9H2,1-2H3,(H,16,18). The SMILES string of the molecule is CCc1ccc2c(c1)C1(CCN(C)CC1)C(=O)N2. The normalized spacial score (nSPS) is 22.0. The van der Waals surface area contributed by atoms with Crippen molar-refractivity contribution in [1.82, 2.24) is 4.90 Å². The minimum Gasteiger partial charge on any atom is -0.325 e. The fourth-order valence-electron chi connectivity index (χ4n) is 3.18. The van der Waals surface area contributed by atoms with Crippen molar-refractivity contribution in [1.29, 1.82) is 0 Å². The zero-order valence-corrected chi connectivity index (χ0v) is 11.1. The molecule has 0 atom stereocenters. The van der Waals surface area contributed by atoms with E-state index in [4.69, 9.17) is 0 Å². The fraction of sp³-hybridized carbons (Fsp3) is 0.533. The molecule has 2 aliphatic heterocycles. The van der Waals surface area contributed by atoms with Gasteiger partial charge in [0.1, 0.15) is 0 Å². The zero-order valence-electron chi connectivity index (χ0n) is 11.1. The number of rotatable bonds is 1. The zero-order chi connectivity index (χ0) is 12.8. The lowest BCUT2D eigenvalue weighted by molar-refractivity contribution is -0.122. The Bertz CT molecular complexity index is 487. The largest absolute Gasteiger partial charge is 0.325 e. The van der Waals surface area contributed by atoms with Crippen LogP contribution in [0.1, 0.15) is 30.9 Å². The third-order valence-electron chi connectivity index (χ3n) is 4.53. The van der Waals surface area contributed by atoms with Gasteiger partial charge in [-0.2, -0.15) is 0 Å². The number of nitrogens with one attached hydrogen (secondary N) is 1. The number of amides is 1. The molecule has 1 spiro atoms. The molecule has 1 fully saturated rings. The summed E-state index contributed by atoms with van der Waals surface area (Å²) in [7, 11) is 2.13. The number of nitrogens with zero attached hydrogens (tertiary/aromatic N) is 1. The van der Waals surface area contributed by atoms with Crippen molar-refractivity contribution in [2.24, 2.45) is 0 Å². The highest BCUT2D eigenvalue weighted by Gasteiger charge is 2.47. The Hall–Kier alpha value is -1.35. The van der Waals surface area contributed by atoms with Crippen LogP contribution < -0.4 is 5.32 Å². The van der Waals surface area contributed by atoms with Crippen molar-refractivity contribution in [3.05, 3.63) is 29.3 Å². The predicted molar refractivity (Wildman–Crippen MR) is 72.9 cm³/mol. The number of aryl methyl sites for hydroxylation is 1. The van der Waals surface area contributed by atoms with Crippen molar-refractivity contribution in [3.63, 3.8) is 0 Å². The van der Waals surface area contributed by atoms with Gasteiger partial charge in [0.05, 0.1) is 5.41 Å². The van der Waals surface area contributed by atoms with Crippen LogP contribution in [0, 0.1) is 0 Å². The number of hydrogen-bond donors (Lipinski definition) is 1. The number of carbonyl (C=O) groups is 1. The summed E-state index contributed by atoms with van der Waals surface area (Å²) in [5.41, 5.74) is 3.33. The maximum absolute atomic E-state index is 12.4. The van der Waals surface area contributed by atoms with Gasteiger partial charge in [-0.3, -0.25) is 4.79 Å². The first-order valence-corrected chi connectivity index (χ1v) is 6.79. The number of hydrogen-bond acceptors (Lipinski definition) is 2. The number of carbonyl (C=O) groups excluding carboxylic acids is 1. The summed E-state index contributed by atoms with van der Waals surface area (Å²) in [6.07, 6.45) is 2.91.